The molecule has 1 aromatic rings. The molecular formula is C12H14O3. The van der Waals surface area contributed by atoms with Crippen molar-refractivity contribution in [2.45, 2.75) is 32.0 Å². The second kappa shape index (κ2) is 4.03. The van der Waals surface area contributed by atoms with Gasteiger partial charge in [0.1, 0.15) is 6.10 Å². The maximum atomic E-state index is 11.4. The summed E-state index contributed by atoms with van der Waals surface area (Å²) in [7, 11) is 0. The third-order valence-electron chi connectivity index (χ3n) is 2.62. The number of cyclic esters (lactones) is 1. The van der Waals surface area contributed by atoms with Gasteiger partial charge in [0.05, 0.1) is 11.7 Å². The minimum absolute atomic E-state index is 0.178. The van der Waals surface area contributed by atoms with Crippen LogP contribution in [0.4, 0.5) is 0 Å². The van der Waals surface area contributed by atoms with Crippen LogP contribution in [0.15, 0.2) is 24.3 Å². The lowest BCUT2D eigenvalue weighted by atomic mass is 10.0. The lowest BCUT2D eigenvalue weighted by molar-refractivity contribution is 0.0333. The maximum Gasteiger partial charge on any atom is 0.339 e. The Bertz CT molecular complexity index is 371. The van der Waals surface area contributed by atoms with Crippen molar-refractivity contribution >= 4 is 5.97 Å². The van der Waals surface area contributed by atoms with E-state index in [0.29, 0.717) is 18.4 Å². The van der Waals surface area contributed by atoms with E-state index in [0.717, 1.165) is 5.56 Å². The number of aliphatic hydroxyl groups is 1. The van der Waals surface area contributed by atoms with Crippen molar-refractivity contribution in [2.75, 3.05) is 0 Å². The van der Waals surface area contributed by atoms with Gasteiger partial charge in [0, 0.05) is 5.56 Å². The molecule has 0 spiro atoms. The molecule has 2 atom stereocenters. The number of esters is 1. The molecule has 0 saturated heterocycles. The minimum Gasteiger partial charge on any atom is -0.454 e. The molecule has 2 unspecified atom stereocenters. The van der Waals surface area contributed by atoms with Gasteiger partial charge in [0.25, 0.3) is 0 Å². The molecule has 0 aliphatic carbocycles. The SMILES string of the molecule is CC(O)CCC1OC(=O)c2ccccc21. The number of fused-ring (bicyclic) bond motifs is 1. The Morgan fingerprint density at radius 3 is 2.93 bits per heavy atom. The molecule has 3 nitrogen and oxygen atoms in total. The van der Waals surface area contributed by atoms with Gasteiger partial charge in [-0.25, -0.2) is 4.79 Å². The zero-order valence-electron chi connectivity index (χ0n) is 8.64. The average Bonchev–Trinajstić information content (AvgIpc) is 2.54. The van der Waals surface area contributed by atoms with E-state index in [9.17, 15) is 9.90 Å². The predicted molar refractivity (Wildman–Crippen MR) is 55.5 cm³/mol. The summed E-state index contributed by atoms with van der Waals surface area (Å²) in [5.74, 6) is -0.249. The second-order valence-electron chi connectivity index (χ2n) is 3.91. The fraction of sp³-hybridized carbons (Fsp3) is 0.417. The van der Waals surface area contributed by atoms with Crippen LogP contribution in [0.3, 0.4) is 0 Å². The van der Waals surface area contributed by atoms with Crippen LogP contribution in [0.5, 0.6) is 0 Å². The highest BCUT2D eigenvalue weighted by Gasteiger charge is 2.30. The summed E-state index contributed by atoms with van der Waals surface area (Å²) in [5, 5.41) is 9.19. The monoisotopic (exact) mass is 206 g/mol. The molecule has 80 valence electrons. The molecule has 0 fully saturated rings. The van der Waals surface area contributed by atoms with Crippen LogP contribution in [0, 0.1) is 0 Å². The van der Waals surface area contributed by atoms with Crippen LogP contribution in [0.2, 0.25) is 0 Å². The number of hydrogen-bond donors (Lipinski definition) is 1. The smallest absolute Gasteiger partial charge is 0.339 e. The van der Waals surface area contributed by atoms with Gasteiger partial charge in [0.15, 0.2) is 0 Å². The van der Waals surface area contributed by atoms with Crippen LogP contribution in [0.25, 0.3) is 0 Å². The van der Waals surface area contributed by atoms with Crippen molar-refractivity contribution in [2.24, 2.45) is 0 Å². The Morgan fingerprint density at radius 2 is 2.20 bits per heavy atom. The number of hydrogen-bond acceptors (Lipinski definition) is 3. The summed E-state index contributed by atoms with van der Waals surface area (Å²) in [6, 6.07) is 7.42. The van der Waals surface area contributed by atoms with Gasteiger partial charge in [-0.05, 0) is 25.8 Å². The van der Waals surface area contributed by atoms with Crippen molar-refractivity contribution in [1.29, 1.82) is 0 Å². The van der Waals surface area contributed by atoms with E-state index < -0.39 is 0 Å². The summed E-state index contributed by atoms with van der Waals surface area (Å²) in [6.07, 6.45) is 0.798. The Kier molecular flexibility index (Phi) is 2.73. The molecule has 1 aliphatic rings. The van der Waals surface area contributed by atoms with Crippen LogP contribution in [-0.2, 0) is 4.74 Å². The fourth-order valence-corrected chi connectivity index (χ4v) is 1.83. The molecular weight excluding hydrogens is 192 g/mol. The molecule has 2 rings (SSSR count). The Hall–Kier alpha value is -1.35. The predicted octanol–water partition coefficient (Wildman–Crippen LogP) is 2.06. The quantitative estimate of drug-likeness (QED) is 0.770. The van der Waals surface area contributed by atoms with E-state index in [2.05, 4.69) is 0 Å². The van der Waals surface area contributed by atoms with Crippen molar-refractivity contribution < 1.29 is 14.6 Å². The van der Waals surface area contributed by atoms with E-state index in [-0.39, 0.29) is 18.2 Å². The van der Waals surface area contributed by atoms with Crippen LogP contribution >= 0.6 is 0 Å². The van der Waals surface area contributed by atoms with Crippen molar-refractivity contribution in [3.63, 3.8) is 0 Å². The lowest BCUT2D eigenvalue weighted by Gasteiger charge is -2.11. The molecule has 15 heavy (non-hydrogen) atoms. The molecule has 3 heteroatoms. The van der Waals surface area contributed by atoms with Gasteiger partial charge < -0.3 is 9.84 Å². The highest BCUT2D eigenvalue weighted by Crippen LogP contribution is 2.33. The van der Waals surface area contributed by atoms with Gasteiger partial charge in [-0.3, -0.25) is 0 Å². The Morgan fingerprint density at radius 1 is 1.47 bits per heavy atom. The van der Waals surface area contributed by atoms with E-state index >= 15 is 0 Å². The van der Waals surface area contributed by atoms with Crippen LogP contribution in [-0.4, -0.2) is 17.2 Å². The molecule has 1 heterocycles. The van der Waals surface area contributed by atoms with Gasteiger partial charge in [-0.1, -0.05) is 18.2 Å². The maximum absolute atomic E-state index is 11.4. The van der Waals surface area contributed by atoms with E-state index in [1.54, 1.807) is 13.0 Å². The lowest BCUT2D eigenvalue weighted by Crippen LogP contribution is -2.05. The van der Waals surface area contributed by atoms with Gasteiger partial charge >= 0.3 is 5.97 Å². The number of carbonyl (C=O) groups excluding carboxylic acids is 1. The van der Waals surface area contributed by atoms with Crippen LogP contribution < -0.4 is 0 Å². The normalized spacial score (nSPS) is 20.9. The Labute approximate surface area is 88.7 Å². The third kappa shape index (κ3) is 2.02. The topological polar surface area (TPSA) is 46.5 Å². The molecule has 1 aromatic carbocycles. The summed E-state index contributed by atoms with van der Waals surface area (Å²) in [4.78, 5) is 11.4. The van der Waals surface area contributed by atoms with Crippen molar-refractivity contribution in [1.82, 2.24) is 0 Å². The number of rotatable bonds is 3. The highest BCUT2D eigenvalue weighted by molar-refractivity contribution is 5.93. The fourth-order valence-electron chi connectivity index (χ4n) is 1.83. The van der Waals surface area contributed by atoms with E-state index in [1.165, 1.54) is 0 Å². The zero-order valence-corrected chi connectivity index (χ0v) is 8.64. The molecule has 1 aliphatic heterocycles. The first kappa shape index (κ1) is 10.2. The molecule has 1 N–H and O–H groups in total. The Balaban J connectivity index is 2.14. The van der Waals surface area contributed by atoms with E-state index in [1.807, 2.05) is 18.2 Å². The molecule has 0 radical (unpaired) electrons. The molecule has 0 amide bonds. The van der Waals surface area contributed by atoms with Gasteiger partial charge in [0.2, 0.25) is 0 Å². The second-order valence-corrected chi connectivity index (χ2v) is 3.91. The largest absolute Gasteiger partial charge is 0.454 e. The number of carbonyl (C=O) groups is 1. The molecule has 0 saturated carbocycles. The standard InChI is InChI=1S/C12H14O3/c1-8(13)6-7-11-9-4-2-3-5-10(9)12(14)15-11/h2-5,8,11,13H,6-7H2,1H3. The highest BCUT2D eigenvalue weighted by atomic mass is 16.5. The minimum atomic E-state index is -0.350. The summed E-state index contributed by atoms with van der Waals surface area (Å²) in [6.45, 7) is 1.74. The number of aliphatic hydroxyl groups excluding tert-OH is 1. The third-order valence-corrected chi connectivity index (χ3v) is 2.62. The molecule has 0 bridgehead atoms. The summed E-state index contributed by atoms with van der Waals surface area (Å²) in [5.41, 5.74) is 1.61. The number of ether oxygens (including phenoxy) is 1. The first-order chi connectivity index (χ1) is 7.18. The first-order valence-electron chi connectivity index (χ1n) is 5.16. The van der Waals surface area contributed by atoms with Gasteiger partial charge in [-0.15, -0.1) is 0 Å². The van der Waals surface area contributed by atoms with E-state index in [4.69, 9.17) is 4.74 Å². The van der Waals surface area contributed by atoms with Gasteiger partial charge in [-0.2, -0.15) is 0 Å². The molecule has 0 aromatic heterocycles. The van der Waals surface area contributed by atoms with Crippen molar-refractivity contribution in [3.05, 3.63) is 35.4 Å². The van der Waals surface area contributed by atoms with Crippen LogP contribution in [0.1, 0.15) is 41.8 Å². The first-order valence-corrected chi connectivity index (χ1v) is 5.16. The number of benzene rings is 1. The average molecular weight is 206 g/mol. The summed E-state index contributed by atoms with van der Waals surface area (Å²) < 4.78 is 5.23. The van der Waals surface area contributed by atoms with Crippen molar-refractivity contribution in [3.8, 4) is 0 Å². The summed E-state index contributed by atoms with van der Waals surface area (Å²) >= 11 is 0. The zero-order chi connectivity index (χ0) is 10.8.